The molecule has 0 bridgehead atoms. The number of benzene rings is 2. The van der Waals surface area contributed by atoms with Gasteiger partial charge in [0, 0.05) is 37.3 Å². The molecule has 2 rings (SSSR count). The maximum atomic E-state index is 12.4. The van der Waals surface area contributed by atoms with Crippen molar-refractivity contribution in [3.05, 3.63) is 59.2 Å². The minimum atomic E-state index is -0.366. The molecule has 19 heavy (non-hydrogen) atoms. The van der Waals surface area contributed by atoms with Gasteiger partial charge in [0.15, 0.2) is 0 Å². The Kier molecular flexibility index (Phi) is 7.54. The number of hydrogen-bond donors (Lipinski definition) is 2. The van der Waals surface area contributed by atoms with E-state index in [1.54, 1.807) is 0 Å². The van der Waals surface area contributed by atoms with E-state index < -0.39 is 0 Å². The van der Waals surface area contributed by atoms with Gasteiger partial charge in [0.05, 0.1) is 0 Å². The number of aromatic hydroxyl groups is 2. The van der Waals surface area contributed by atoms with Crippen LogP contribution in [0.2, 0.25) is 0 Å². The summed E-state index contributed by atoms with van der Waals surface area (Å²) >= 11 is 0. The van der Waals surface area contributed by atoms with Crippen molar-refractivity contribution < 1.29 is 45.2 Å². The first-order chi connectivity index (χ1) is 8.43. The van der Waals surface area contributed by atoms with Crippen LogP contribution in [0.15, 0.2) is 36.4 Å². The molecule has 0 saturated heterocycles. The Morgan fingerprint density at radius 1 is 0.737 bits per heavy atom. The first kappa shape index (κ1) is 17.8. The molecule has 0 unspecified atom stereocenters. The van der Waals surface area contributed by atoms with E-state index in [1.807, 2.05) is 0 Å². The number of rotatable bonds is 0. The Morgan fingerprint density at radius 3 is 1.26 bits per heavy atom. The molecule has 5 heteroatoms. The zero-order valence-corrected chi connectivity index (χ0v) is 13.1. The van der Waals surface area contributed by atoms with Crippen molar-refractivity contribution in [2.45, 2.75) is 13.8 Å². The number of phenols is 2. The second kappa shape index (κ2) is 8.05. The number of halogens is 2. The van der Waals surface area contributed by atoms with Crippen molar-refractivity contribution in [3.63, 3.8) is 0 Å². The largest absolute Gasteiger partial charge is 0.508 e. The first-order valence-electron chi connectivity index (χ1n) is 5.31. The van der Waals surface area contributed by atoms with E-state index in [9.17, 15) is 8.78 Å². The molecule has 0 aliphatic carbocycles. The third-order valence-electron chi connectivity index (χ3n) is 2.48. The topological polar surface area (TPSA) is 40.5 Å². The van der Waals surface area contributed by atoms with Crippen LogP contribution in [0.3, 0.4) is 0 Å². The Labute approximate surface area is 129 Å². The molecule has 0 fully saturated rings. The summed E-state index contributed by atoms with van der Waals surface area (Å²) in [7, 11) is 0. The predicted molar refractivity (Wildman–Crippen MR) is 65.6 cm³/mol. The molecule has 0 saturated carbocycles. The summed E-state index contributed by atoms with van der Waals surface area (Å²) in [5.41, 5.74) is 0.606. The maximum Gasteiger partial charge on any atom is 0.129 e. The third kappa shape index (κ3) is 5.11. The van der Waals surface area contributed by atoms with Gasteiger partial charge in [-0.3, -0.25) is 0 Å². The summed E-state index contributed by atoms with van der Waals surface area (Å²) in [5, 5.41) is 17.7. The SMILES string of the molecule is Cc1c(O)cccc1F.Cc1c(O)cccc1F.[Zr]. The molecule has 2 N–H and O–H groups in total. The second-order valence-corrected chi connectivity index (χ2v) is 3.77. The Hall–Kier alpha value is -1.22. The average molecular weight is 343 g/mol. The van der Waals surface area contributed by atoms with Crippen molar-refractivity contribution in [3.8, 4) is 11.5 Å². The van der Waals surface area contributed by atoms with Crippen LogP contribution in [0.25, 0.3) is 0 Å². The number of hydrogen-bond acceptors (Lipinski definition) is 2. The van der Waals surface area contributed by atoms with Gasteiger partial charge in [-0.05, 0) is 38.1 Å². The fourth-order valence-electron chi connectivity index (χ4n) is 1.19. The number of phenolic OH excluding ortho intramolecular Hbond substituents is 2. The van der Waals surface area contributed by atoms with E-state index >= 15 is 0 Å². The average Bonchev–Trinajstić information content (AvgIpc) is 2.34. The Morgan fingerprint density at radius 2 is 1.05 bits per heavy atom. The minimum absolute atomic E-state index is 0. The summed E-state index contributed by atoms with van der Waals surface area (Å²) in [5.74, 6) is -0.713. The zero-order valence-electron chi connectivity index (χ0n) is 10.6. The minimum Gasteiger partial charge on any atom is -0.508 e. The summed E-state index contributed by atoms with van der Waals surface area (Å²) in [4.78, 5) is 0. The van der Waals surface area contributed by atoms with Gasteiger partial charge in [-0.15, -0.1) is 0 Å². The molecule has 0 aromatic heterocycles. The normalized spacial score (nSPS) is 9.05. The van der Waals surface area contributed by atoms with Crippen molar-refractivity contribution >= 4 is 0 Å². The standard InChI is InChI=1S/2C7H7FO.Zr/c2*1-5-6(8)3-2-4-7(5)9;/h2*2-4,9H,1H3;. The van der Waals surface area contributed by atoms with Crippen LogP contribution in [0.1, 0.15) is 11.1 Å². The summed E-state index contributed by atoms with van der Waals surface area (Å²) < 4.78 is 24.8. The fraction of sp³-hybridized carbons (Fsp3) is 0.143. The van der Waals surface area contributed by atoms with E-state index in [2.05, 4.69) is 0 Å². The molecule has 0 aliphatic rings. The van der Waals surface area contributed by atoms with Crippen molar-refractivity contribution in [2.75, 3.05) is 0 Å². The first-order valence-corrected chi connectivity index (χ1v) is 5.31. The van der Waals surface area contributed by atoms with E-state index in [4.69, 9.17) is 10.2 Å². The van der Waals surface area contributed by atoms with Gasteiger partial charge in [-0.25, -0.2) is 8.78 Å². The molecular formula is C14H14F2O2Zr. The van der Waals surface area contributed by atoms with Crippen molar-refractivity contribution in [1.29, 1.82) is 0 Å². The molecule has 0 aliphatic heterocycles. The second-order valence-electron chi connectivity index (χ2n) is 3.77. The molecule has 0 radical (unpaired) electrons. The smallest absolute Gasteiger partial charge is 0.129 e. The summed E-state index contributed by atoms with van der Waals surface area (Å²) in [6.07, 6.45) is 0. The van der Waals surface area contributed by atoms with Crippen LogP contribution in [-0.4, -0.2) is 10.2 Å². The van der Waals surface area contributed by atoms with Gasteiger partial charge in [-0.1, -0.05) is 12.1 Å². The van der Waals surface area contributed by atoms with Crippen molar-refractivity contribution in [1.82, 2.24) is 0 Å². The Bertz CT molecular complexity index is 455. The van der Waals surface area contributed by atoms with E-state index in [0.29, 0.717) is 11.1 Å². The third-order valence-corrected chi connectivity index (χ3v) is 2.48. The molecule has 100 valence electrons. The quantitative estimate of drug-likeness (QED) is 0.766. The molecule has 0 amide bonds. The van der Waals surface area contributed by atoms with E-state index in [-0.39, 0.29) is 49.3 Å². The summed E-state index contributed by atoms with van der Waals surface area (Å²) in [6, 6.07) is 8.48. The molecule has 2 aromatic carbocycles. The van der Waals surface area contributed by atoms with Crippen LogP contribution < -0.4 is 0 Å². The van der Waals surface area contributed by atoms with Gasteiger partial charge in [-0.2, -0.15) is 0 Å². The van der Waals surface area contributed by atoms with Crippen LogP contribution in [0.4, 0.5) is 8.78 Å². The van der Waals surface area contributed by atoms with Crippen molar-refractivity contribution in [2.24, 2.45) is 0 Å². The maximum absolute atomic E-state index is 12.4. The molecular weight excluding hydrogens is 329 g/mol. The van der Waals surface area contributed by atoms with E-state index in [1.165, 1.54) is 50.2 Å². The van der Waals surface area contributed by atoms with E-state index in [0.717, 1.165) is 0 Å². The van der Waals surface area contributed by atoms with Crippen LogP contribution >= 0.6 is 0 Å². The molecule has 0 atom stereocenters. The molecule has 2 aromatic rings. The van der Waals surface area contributed by atoms with Gasteiger partial charge < -0.3 is 10.2 Å². The predicted octanol–water partition coefficient (Wildman–Crippen LogP) is 3.68. The van der Waals surface area contributed by atoms with Gasteiger partial charge >= 0.3 is 0 Å². The van der Waals surface area contributed by atoms with Crippen LogP contribution in [0, 0.1) is 25.5 Å². The van der Waals surface area contributed by atoms with Gasteiger partial charge in [0.2, 0.25) is 0 Å². The monoisotopic (exact) mass is 342 g/mol. The van der Waals surface area contributed by atoms with Crippen LogP contribution in [0.5, 0.6) is 11.5 Å². The molecule has 0 spiro atoms. The van der Waals surface area contributed by atoms with Gasteiger partial charge in [0.1, 0.15) is 23.1 Å². The van der Waals surface area contributed by atoms with Crippen LogP contribution in [-0.2, 0) is 26.2 Å². The van der Waals surface area contributed by atoms with Gasteiger partial charge in [0.25, 0.3) is 0 Å². The molecule has 0 heterocycles. The Balaban J connectivity index is 0.000000324. The zero-order chi connectivity index (χ0) is 13.7. The summed E-state index contributed by atoms with van der Waals surface area (Å²) in [6.45, 7) is 3.06. The fourth-order valence-corrected chi connectivity index (χ4v) is 1.19. The molecule has 2 nitrogen and oxygen atoms in total.